The number of aliphatic imine (C=N–C) groups is 1. The summed E-state index contributed by atoms with van der Waals surface area (Å²) in [7, 11) is 0. The number of hydrogen-bond donors (Lipinski definition) is 1. The molecule has 4 aliphatic rings. The third kappa shape index (κ3) is 7.75. The van der Waals surface area contributed by atoms with Gasteiger partial charge in [-0.05, 0) is 80.5 Å². The quantitative estimate of drug-likeness (QED) is 0.207. The number of nitrogens with two attached hydrogens (primary N) is 1. The predicted molar refractivity (Wildman–Crippen MR) is 189 cm³/mol. The average Bonchev–Trinajstić information content (AvgIpc) is 3.12. The SMILES string of the molecule is CCCN1CC(Oc2c(F)cc(N3c4ccc(C(C=NC5CCCCO5)=CN)cc4OC[C@H]3c3ccc(OC4CCCCO4)cc3)cc2F)C1. The molecule has 3 aromatic carbocycles. The van der Waals surface area contributed by atoms with Crippen LogP contribution >= 0.6 is 0 Å². The Hall–Kier alpha value is -4.19. The molecule has 2 N–H and O–H groups in total. The molecule has 0 saturated carbocycles. The van der Waals surface area contributed by atoms with Crippen LogP contribution in [0.25, 0.3) is 5.57 Å². The summed E-state index contributed by atoms with van der Waals surface area (Å²) in [5.41, 5.74) is 9.45. The van der Waals surface area contributed by atoms with Gasteiger partial charge in [0.2, 0.25) is 0 Å². The van der Waals surface area contributed by atoms with E-state index in [2.05, 4.69) is 16.8 Å². The van der Waals surface area contributed by atoms with Crippen LogP contribution in [0.5, 0.6) is 17.2 Å². The van der Waals surface area contributed by atoms with Crippen molar-refractivity contribution in [2.45, 2.75) is 76.5 Å². The first-order valence-corrected chi connectivity index (χ1v) is 17.9. The second-order valence-electron chi connectivity index (χ2n) is 13.3. The topological polar surface area (TPSA) is 91.0 Å². The van der Waals surface area contributed by atoms with Gasteiger partial charge < -0.3 is 34.3 Å². The maximum absolute atomic E-state index is 15.8. The van der Waals surface area contributed by atoms with E-state index in [0.717, 1.165) is 62.6 Å². The zero-order valence-corrected chi connectivity index (χ0v) is 28.6. The molecule has 3 fully saturated rings. The Morgan fingerprint density at radius 1 is 0.940 bits per heavy atom. The monoisotopic (exact) mass is 688 g/mol. The molecular formula is C39H46F2N4O5. The molecule has 0 amide bonds. The molecule has 2 unspecified atom stereocenters. The van der Waals surface area contributed by atoms with Gasteiger partial charge in [-0.1, -0.05) is 25.1 Å². The maximum Gasteiger partial charge on any atom is 0.199 e. The molecule has 11 heteroatoms. The molecular weight excluding hydrogens is 642 g/mol. The van der Waals surface area contributed by atoms with Crippen molar-refractivity contribution < 1.29 is 32.5 Å². The Balaban J connectivity index is 1.18. The van der Waals surface area contributed by atoms with Crippen LogP contribution < -0.4 is 24.8 Å². The zero-order chi connectivity index (χ0) is 34.5. The van der Waals surface area contributed by atoms with E-state index < -0.39 is 17.7 Å². The minimum absolute atomic E-state index is 0.188. The molecule has 4 heterocycles. The third-order valence-electron chi connectivity index (χ3n) is 9.66. The van der Waals surface area contributed by atoms with Crippen LogP contribution in [0.15, 0.2) is 65.8 Å². The Morgan fingerprint density at radius 3 is 2.38 bits per heavy atom. The van der Waals surface area contributed by atoms with E-state index in [9.17, 15) is 0 Å². The van der Waals surface area contributed by atoms with Crippen molar-refractivity contribution in [1.82, 2.24) is 4.90 Å². The summed E-state index contributed by atoms with van der Waals surface area (Å²) >= 11 is 0. The molecule has 0 spiro atoms. The van der Waals surface area contributed by atoms with Crippen molar-refractivity contribution >= 4 is 23.2 Å². The largest absolute Gasteiger partial charge is 0.489 e. The second-order valence-corrected chi connectivity index (χ2v) is 13.3. The first kappa shape index (κ1) is 34.3. The molecule has 0 aromatic heterocycles. The van der Waals surface area contributed by atoms with E-state index >= 15 is 8.78 Å². The standard InChI is InChI=1S/C39H46F2N4O5/c1-2-15-44-23-31(24-44)50-39-32(40)19-29(20-33(39)41)45-34-14-11-27(28(21-42)22-43-37-7-3-5-16-46-37)18-36(34)48-25-35(45)26-9-12-30(13-10-26)49-38-8-4-6-17-47-38/h9-14,18-22,31,35,37-38H,2-8,15-17,23-25,42H2,1H3/t35-,37?,38?/m0/s1. The fraction of sp³-hybridized carbons (Fsp3) is 0.462. The van der Waals surface area contributed by atoms with Gasteiger partial charge in [0.25, 0.3) is 0 Å². The molecule has 0 bridgehead atoms. The van der Waals surface area contributed by atoms with Crippen LogP contribution in [0.3, 0.4) is 0 Å². The minimum Gasteiger partial charge on any atom is -0.489 e. The number of anilines is 2. The van der Waals surface area contributed by atoms with Crippen molar-refractivity contribution in [3.63, 3.8) is 0 Å². The number of hydrogen-bond acceptors (Lipinski definition) is 9. The molecule has 3 saturated heterocycles. The highest BCUT2D eigenvalue weighted by atomic mass is 19.1. The van der Waals surface area contributed by atoms with E-state index in [4.69, 9.17) is 29.4 Å². The van der Waals surface area contributed by atoms with E-state index in [1.807, 2.05) is 47.4 Å². The van der Waals surface area contributed by atoms with Crippen molar-refractivity contribution in [1.29, 1.82) is 0 Å². The first-order valence-electron chi connectivity index (χ1n) is 17.9. The van der Waals surface area contributed by atoms with E-state index in [1.165, 1.54) is 18.3 Å². The van der Waals surface area contributed by atoms with Crippen LogP contribution in [0.4, 0.5) is 20.2 Å². The number of benzene rings is 3. The van der Waals surface area contributed by atoms with Crippen molar-refractivity contribution in [2.75, 3.05) is 44.4 Å². The Kier molecular flexibility index (Phi) is 10.8. The van der Waals surface area contributed by atoms with Crippen LogP contribution in [0.2, 0.25) is 0 Å². The van der Waals surface area contributed by atoms with E-state index in [-0.39, 0.29) is 31.0 Å². The molecule has 3 aromatic rings. The van der Waals surface area contributed by atoms with Crippen molar-refractivity contribution in [2.24, 2.45) is 10.7 Å². The Labute approximate surface area is 292 Å². The number of allylic oxidation sites excluding steroid dienone is 1. The number of fused-ring (bicyclic) bond motifs is 1. The average molecular weight is 689 g/mol. The molecule has 50 heavy (non-hydrogen) atoms. The number of nitrogens with zero attached hydrogens (tertiary/aromatic N) is 3. The lowest BCUT2D eigenvalue weighted by Crippen LogP contribution is -2.53. The highest BCUT2D eigenvalue weighted by Crippen LogP contribution is 2.46. The lowest BCUT2D eigenvalue weighted by Gasteiger charge is -2.40. The van der Waals surface area contributed by atoms with Gasteiger partial charge in [0.05, 0.1) is 18.3 Å². The zero-order valence-electron chi connectivity index (χ0n) is 28.6. The van der Waals surface area contributed by atoms with Gasteiger partial charge in [-0.2, -0.15) is 0 Å². The van der Waals surface area contributed by atoms with Gasteiger partial charge in [-0.3, -0.25) is 9.89 Å². The van der Waals surface area contributed by atoms with Crippen LogP contribution in [0.1, 0.15) is 69.0 Å². The number of likely N-dealkylation sites (tertiary alicyclic amines) is 1. The summed E-state index contributed by atoms with van der Waals surface area (Å²) in [6, 6.07) is 15.7. The Morgan fingerprint density at radius 2 is 1.70 bits per heavy atom. The summed E-state index contributed by atoms with van der Waals surface area (Å²) < 4.78 is 61.2. The highest BCUT2D eigenvalue weighted by Gasteiger charge is 2.34. The predicted octanol–water partition coefficient (Wildman–Crippen LogP) is 7.51. The molecule has 9 nitrogen and oxygen atoms in total. The lowest BCUT2D eigenvalue weighted by atomic mass is 9.99. The normalized spacial score (nSPS) is 23.3. The molecule has 0 aliphatic carbocycles. The van der Waals surface area contributed by atoms with Crippen molar-refractivity contribution in [3.05, 3.63) is 83.6 Å². The van der Waals surface area contributed by atoms with Gasteiger partial charge in [0.15, 0.2) is 23.7 Å². The summed E-state index contributed by atoms with van der Waals surface area (Å²) in [5, 5.41) is 0. The Bertz CT molecular complexity index is 1640. The molecule has 0 radical (unpaired) electrons. The van der Waals surface area contributed by atoms with Gasteiger partial charge in [-0.15, -0.1) is 0 Å². The summed E-state index contributed by atoms with van der Waals surface area (Å²) in [6.45, 7) is 5.97. The molecule has 4 aliphatic heterocycles. The van der Waals surface area contributed by atoms with Crippen LogP contribution in [-0.4, -0.2) is 69.2 Å². The van der Waals surface area contributed by atoms with Gasteiger partial charge in [0, 0.05) is 61.9 Å². The van der Waals surface area contributed by atoms with Crippen LogP contribution in [0, 0.1) is 11.6 Å². The first-order chi connectivity index (χ1) is 24.5. The van der Waals surface area contributed by atoms with Gasteiger partial charge in [-0.25, -0.2) is 8.78 Å². The number of halogens is 2. The molecule has 7 rings (SSSR count). The van der Waals surface area contributed by atoms with Gasteiger partial charge >= 0.3 is 0 Å². The second kappa shape index (κ2) is 15.8. The molecule has 266 valence electrons. The minimum atomic E-state index is -0.747. The lowest BCUT2D eigenvalue weighted by molar-refractivity contribution is -0.105. The summed E-state index contributed by atoms with van der Waals surface area (Å²) in [5.74, 6) is -0.587. The number of ether oxygens (including phenoxy) is 5. The van der Waals surface area contributed by atoms with Gasteiger partial charge in [0.1, 0.15) is 30.4 Å². The maximum atomic E-state index is 15.8. The molecule has 3 atom stereocenters. The third-order valence-corrected chi connectivity index (χ3v) is 9.66. The number of rotatable bonds is 11. The summed E-state index contributed by atoms with van der Waals surface area (Å²) in [6.07, 6.45) is 9.50. The van der Waals surface area contributed by atoms with Crippen LogP contribution in [-0.2, 0) is 9.47 Å². The fourth-order valence-corrected chi connectivity index (χ4v) is 6.99. The van der Waals surface area contributed by atoms with E-state index in [1.54, 1.807) is 6.21 Å². The van der Waals surface area contributed by atoms with E-state index in [0.29, 0.717) is 54.8 Å². The highest BCUT2D eigenvalue weighted by molar-refractivity contribution is 6.10. The summed E-state index contributed by atoms with van der Waals surface area (Å²) in [4.78, 5) is 8.73. The smallest absolute Gasteiger partial charge is 0.199 e. The van der Waals surface area contributed by atoms with Crippen molar-refractivity contribution in [3.8, 4) is 17.2 Å². The fourth-order valence-electron chi connectivity index (χ4n) is 6.99.